The molecule has 1 saturated heterocycles. The lowest BCUT2D eigenvalue weighted by Gasteiger charge is -2.59. The van der Waals surface area contributed by atoms with Gasteiger partial charge >= 0.3 is 0 Å². The topological polar surface area (TPSA) is 41.5 Å². The molecule has 194 valence electrons. The van der Waals surface area contributed by atoms with Crippen LogP contribution in [0.15, 0.2) is 30.3 Å². The number of ether oxygens (including phenoxy) is 1. The second kappa shape index (κ2) is 7.81. The number of fused-ring (bicyclic) bond motifs is 4. The second-order valence-corrected chi connectivity index (χ2v) is 14.5. The number of nitrogens with one attached hydrogen (secondary N) is 1. The molecule has 0 radical (unpaired) electrons. The largest absolute Gasteiger partial charge is 0.393 e. The average molecular weight is 480 g/mol. The minimum absolute atomic E-state index is 0. The maximum absolute atomic E-state index is 10.9. The molecular formula is C32H49NO2. The molecule has 1 aromatic rings. The van der Waals surface area contributed by atoms with Crippen molar-refractivity contribution in [2.24, 2.45) is 45.3 Å². The molecule has 3 heteroatoms. The number of benzene rings is 1. The molecule has 8 unspecified atom stereocenters. The van der Waals surface area contributed by atoms with Gasteiger partial charge in [-0.3, -0.25) is 0 Å². The number of hydrogen-bond donors (Lipinski definition) is 2. The first-order valence-electron chi connectivity index (χ1n) is 14.9. The zero-order chi connectivity index (χ0) is 24.1. The van der Waals surface area contributed by atoms with Crippen LogP contribution < -0.4 is 5.32 Å². The van der Waals surface area contributed by atoms with Crippen LogP contribution in [0.25, 0.3) is 0 Å². The van der Waals surface area contributed by atoms with Crippen molar-refractivity contribution in [1.29, 1.82) is 0 Å². The molecule has 35 heavy (non-hydrogen) atoms. The van der Waals surface area contributed by atoms with E-state index < -0.39 is 0 Å². The van der Waals surface area contributed by atoms with Gasteiger partial charge in [0, 0.05) is 14.5 Å². The highest BCUT2D eigenvalue weighted by Gasteiger charge is 2.80. The van der Waals surface area contributed by atoms with Crippen LogP contribution in [0.1, 0.15) is 92.0 Å². The summed E-state index contributed by atoms with van der Waals surface area (Å²) in [6.07, 6.45) is 14.1. The summed E-state index contributed by atoms with van der Waals surface area (Å²) < 4.78 is 6.89. The van der Waals surface area contributed by atoms with Crippen LogP contribution in [0.2, 0.25) is 0 Å². The lowest BCUT2D eigenvalue weighted by molar-refractivity contribution is -0.135. The Kier molecular flexibility index (Phi) is 5.18. The van der Waals surface area contributed by atoms with Crippen molar-refractivity contribution >= 4 is 0 Å². The van der Waals surface area contributed by atoms with E-state index in [0.29, 0.717) is 28.5 Å². The summed E-state index contributed by atoms with van der Waals surface area (Å²) >= 11 is 0. The molecule has 6 fully saturated rings. The van der Waals surface area contributed by atoms with Gasteiger partial charge in [0.25, 0.3) is 0 Å². The first kappa shape index (κ1) is 23.2. The lowest BCUT2D eigenvalue weighted by Crippen LogP contribution is -2.54. The van der Waals surface area contributed by atoms with Gasteiger partial charge in [0.2, 0.25) is 0 Å². The molecule has 5 aliphatic carbocycles. The van der Waals surface area contributed by atoms with Crippen molar-refractivity contribution in [1.82, 2.24) is 5.32 Å². The molecule has 7 rings (SSSR count). The molecule has 3 nitrogen and oxygen atoms in total. The Bertz CT molecular complexity index is 968. The number of hydrogen-bond acceptors (Lipinski definition) is 3. The summed E-state index contributed by atoms with van der Waals surface area (Å²) in [5.74, 6) is 3.27. The predicted molar refractivity (Wildman–Crippen MR) is 142 cm³/mol. The fraction of sp³-hybridized carbons (Fsp3) is 0.812. The zero-order valence-corrected chi connectivity index (χ0v) is 22.3. The molecule has 1 aromatic carbocycles. The maximum atomic E-state index is 10.9. The monoisotopic (exact) mass is 479 g/mol. The fourth-order valence-corrected chi connectivity index (χ4v) is 11.4. The molecular weight excluding hydrogens is 430 g/mol. The average Bonchev–Trinajstić information content (AvgIpc) is 3.43. The number of aliphatic hydroxyl groups is 1. The standard InChI is InChI=1S/C32H47NO2.H2/c1-29(2)27-12-11-23-25-17-26-24(10-9-22(35-26)19-33-18-21-7-5-4-6-8-21)30(25,3)15-16-31(23)20-32(27,31)14-13-28(29)34;/h4-8,22-28,33-34H,9-20H2,1-3H3;1H/t22?,23?,24?,25?,26?,27?,28-,30?,31?,32+;/m0./s1. The van der Waals surface area contributed by atoms with Crippen LogP contribution in [0.5, 0.6) is 0 Å². The number of rotatable bonds is 4. The van der Waals surface area contributed by atoms with Crippen LogP contribution in [-0.2, 0) is 11.3 Å². The molecule has 1 heterocycles. The van der Waals surface area contributed by atoms with Crippen LogP contribution in [-0.4, -0.2) is 30.0 Å². The SMILES string of the molecule is CC12CCC34C[C@@]35CC[C@H](O)C(C)(C)C5CCC4C1CC1OC(CNCc3ccccc3)CCC12.[HH]. The minimum atomic E-state index is -0.101. The molecule has 5 saturated carbocycles. The Hall–Kier alpha value is -0.900. The van der Waals surface area contributed by atoms with Gasteiger partial charge in [0.05, 0.1) is 18.3 Å². The predicted octanol–water partition coefficient (Wildman–Crippen LogP) is 6.59. The quantitative estimate of drug-likeness (QED) is 0.512. The minimum Gasteiger partial charge on any atom is -0.393 e. The van der Waals surface area contributed by atoms with E-state index in [1.807, 2.05) is 0 Å². The molecule has 1 aliphatic heterocycles. The van der Waals surface area contributed by atoms with Gasteiger partial charge in [0.15, 0.2) is 0 Å². The van der Waals surface area contributed by atoms with Crippen molar-refractivity contribution in [3.05, 3.63) is 35.9 Å². The normalized spacial score (nSPS) is 51.4. The van der Waals surface area contributed by atoms with Gasteiger partial charge in [-0.05, 0) is 115 Å². The third kappa shape index (κ3) is 3.13. The van der Waals surface area contributed by atoms with Crippen LogP contribution in [0, 0.1) is 45.3 Å². The Labute approximate surface area is 214 Å². The molecule has 0 amide bonds. The summed E-state index contributed by atoms with van der Waals surface area (Å²) in [5.41, 5.74) is 3.10. The van der Waals surface area contributed by atoms with Crippen LogP contribution >= 0.6 is 0 Å². The second-order valence-electron chi connectivity index (χ2n) is 14.5. The Morgan fingerprint density at radius 2 is 1.71 bits per heavy atom. The van der Waals surface area contributed by atoms with Crippen LogP contribution in [0.4, 0.5) is 0 Å². The first-order chi connectivity index (χ1) is 16.8. The van der Waals surface area contributed by atoms with Crippen molar-refractivity contribution in [2.45, 2.75) is 110 Å². The van der Waals surface area contributed by atoms with E-state index in [1.54, 1.807) is 0 Å². The van der Waals surface area contributed by atoms with Crippen molar-refractivity contribution in [2.75, 3.05) is 6.54 Å². The molecule has 6 aliphatic rings. The van der Waals surface area contributed by atoms with Crippen molar-refractivity contribution in [3.8, 4) is 0 Å². The van der Waals surface area contributed by atoms with E-state index >= 15 is 0 Å². The number of aliphatic hydroxyl groups excluding tert-OH is 1. The molecule has 0 aromatic heterocycles. The lowest BCUT2D eigenvalue weighted by atomic mass is 9.46. The Morgan fingerprint density at radius 3 is 2.54 bits per heavy atom. The Balaban J connectivity index is 0.00000240. The summed E-state index contributed by atoms with van der Waals surface area (Å²) in [5, 5.41) is 14.5. The van der Waals surface area contributed by atoms with Gasteiger partial charge in [0.1, 0.15) is 0 Å². The highest BCUT2D eigenvalue weighted by Crippen LogP contribution is 2.87. The summed E-state index contributed by atoms with van der Waals surface area (Å²) in [7, 11) is 0. The zero-order valence-electron chi connectivity index (χ0n) is 22.3. The molecule has 0 bridgehead atoms. The third-order valence-electron chi connectivity index (χ3n) is 13.2. The van der Waals surface area contributed by atoms with E-state index in [-0.39, 0.29) is 12.9 Å². The van der Waals surface area contributed by atoms with Crippen molar-refractivity contribution in [3.63, 3.8) is 0 Å². The fourth-order valence-electron chi connectivity index (χ4n) is 11.4. The van der Waals surface area contributed by atoms with Crippen molar-refractivity contribution < 1.29 is 11.3 Å². The molecule has 10 atom stereocenters. The van der Waals surface area contributed by atoms with E-state index in [0.717, 1.165) is 43.2 Å². The third-order valence-corrected chi connectivity index (χ3v) is 13.2. The molecule has 2 N–H and O–H groups in total. The first-order valence-corrected chi connectivity index (χ1v) is 14.9. The Morgan fingerprint density at radius 1 is 0.914 bits per heavy atom. The highest BCUT2D eigenvalue weighted by atomic mass is 16.5. The van der Waals surface area contributed by atoms with Gasteiger partial charge in [-0.15, -0.1) is 0 Å². The smallest absolute Gasteiger partial charge is 0.0703 e. The summed E-state index contributed by atoms with van der Waals surface area (Å²) in [6.45, 7) is 9.35. The summed E-state index contributed by atoms with van der Waals surface area (Å²) in [6, 6.07) is 10.8. The highest BCUT2D eigenvalue weighted by molar-refractivity contribution is 5.29. The maximum Gasteiger partial charge on any atom is 0.0703 e. The molecule has 2 spiro atoms. The van der Waals surface area contributed by atoms with E-state index in [4.69, 9.17) is 4.74 Å². The van der Waals surface area contributed by atoms with Gasteiger partial charge < -0.3 is 15.2 Å². The van der Waals surface area contributed by atoms with E-state index in [1.165, 1.54) is 63.4 Å². The van der Waals surface area contributed by atoms with Crippen LogP contribution in [0.3, 0.4) is 0 Å². The summed E-state index contributed by atoms with van der Waals surface area (Å²) in [4.78, 5) is 0. The van der Waals surface area contributed by atoms with E-state index in [2.05, 4.69) is 56.4 Å². The van der Waals surface area contributed by atoms with E-state index in [9.17, 15) is 5.11 Å². The van der Waals surface area contributed by atoms with Gasteiger partial charge in [-0.1, -0.05) is 51.1 Å². The van der Waals surface area contributed by atoms with Gasteiger partial charge in [-0.2, -0.15) is 0 Å². The van der Waals surface area contributed by atoms with Gasteiger partial charge in [-0.25, -0.2) is 0 Å².